The van der Waals surface area contributed by atoms with Crippen LogP contribution in [0.4, 0.5) is 0 Å². The minimum absolute atomic E-state index is 0.118. The van der Waals surface area contributed by atoms with Crippen LogP contribution in [0.5, 0.6) is 0 Å². The van der Waals surface area contributed by atoms with E-state index in [1.807, 2.05) is 13.0 Å². The minimum Gasteiger partial charge on any atom is -0.378 e. The van der Waals surface area contributed by atoms with Gasteiger partial charge in [-0.1, -0.05) is 19.1 Å². The van der Waals surface area contributed by atoms with Gasteiger partial charge in [-0.25, -0.2) is 8.42 Å². The van der Waals surface area contributed by atoms with Crippen LogP contribution in [0.1, 0.15) is 18.9 Å². The smallest absolute Gasteiger partial charge is 0.244 e. The molecule has 1 aromatic carbocycles. The first-order valence-electron chi connectivity index (χ1n) is 6.53. The minimum atomic E-state index is -3.69. The van der Waals surface area contributed by atoms with E-state index >= 15 is 0 Å². The topological polar surface area (TPSA) is 70.4 Å². The molecule has 0 saturated carbocycles. The molecule has 0 spiro atoms. The third-order valence-corrected chi connectivity index (χ3v) is 5.70. The van der Waals surface area contributed by atoms with Crippen molar-refractivity contribution in [3.8, 4) is 6.07 Å². The number of hydrogen-bond acceptors (Lipinski definition) is 4. The molecular formula is C14H18N2O3S. The van der Waals surface area contributed by atoms with E-state index in [9.17, 15) is 13.7 Å². The zero-order chi connectivity index (χ0) is 14.8. The van der Waals surface area contributed by atoms with Crippen molar-refractivity contribution in [3.63, 3.8) is 0 Å². The van der Waals surface area contributed by atoms with Gasteiger partial charge in [0.2, 0.25) is 10.0 Å². The molecule has 0 bridgehead atoms. The lowest BCUT2D eigenvalue weighted by molar-refractivity contribution is 0.162. The van der Waals surface area contributed by atoms with E-state index < -0.39 is 15.6 Å². The van der Waals surface area contributed by atoms with Crippen molar-refractivity contribution in [3.05, 3.63) is 29.8 Å². The molecule has 0 radical (unpaired) electrons. The van der Waals surface area contributed by atoms with Gasteiger partial charge in [0.15, 0.2) is 0 Å². The summed E-state index contributed by atoms with van der Waals surface area (Å²) >= 11 is 0. The second-order valence-electron chi connectivity index (χ2n) is 4.92. The average molecular weight is 294 g/mol. The quantitative estimate of drug-likeness (QED) is 0.845. The molecule has 0 N–H and O–H groups in total. The standard InChI is InChI=1S/C14H18N2O3S/c1-3-12-5-4-6-13(9-12)20(17,18)16(2)14(10-15)7-8-19-11-14/h4-6,9H,3,7-8,11H2,1-2H3/t14-/m0/s1. The Morgan fingerprint density at radius 3 is 2.80 bits per heavy atom. The molecule has 1 aliphatic rings. The molecule has 1 atom stereocenters. The number of benzene rings is 1. The number of rotatable bonds is 4. The molecule has 6 heteroatoms. The Labute approximate surface area is 119 Å². The van der Waals surface area contributed by atoms with Crippen LogP contribution >= 0.6 is 0 Å². The van der Waals surface area contributed by atoms with Gasteiger partial charge in [-0.05, 0) is 24.1 Å². The van der Waals surface area contributed by atoms with Crippen molar-refractivity contribution in [2.24, 2.45) is 0 Å². The van der Waals surface area contributed by atoms with E-state index in [0.29, 0.717) is 13.0 Å². The molecule has 1 aromatic rings. The van der Waals surface area contributed by atoms with Crippen LogP contribution in [0.3, 0.4) is 0 Å². The Balaban J connectivity index is 2.41. The van der Waals surface area contributed by atoms with Gasteiger partial charge in [-0.2, -0.15) is 9.57 Å². The number of ether oxygens (including phenoxy) is 1. The summed E-state index contributed by atoms with van der Waals surface area (Å²) in [6, 6.07) is 8.94. The Morgan fingerprint density at radius 2 is 2.25 bits per heavy atom. The van der Waals surface area contributed by atoms with Crippen molar-refractivity contribution in [1.82, 2.24) is 4.31 Å². The largest absolute Gasteiger partial charge is 0.378 e. The Bertz CT molecular complexity index is 628. The average Bonchev–Trinajstić information content (AvgIpc) is 2.96. The Morgan fingerprint density at radius 1 is 1.50 bits per heavy atom. The molecule has 108 valence electrons. The van der Waals surface area contributed by atoms with Crippen molar-refractivity contribution < 1.29 is 13.2 Å². The highest BCUT2D eigenvalue weighted by molar-refractivity contribution is 7.89. The Hall–Kier alpha value is -1.42. The fourth-order valence-electron chi connectivity index (χ4n) is 2.28. The van der Waals surface area contributed by atoms with E-state index in [0.717, 1.165) is 16.3 Å². The number of hydrogen-bond donors (Lipinski definition) is 0. The maximum atomic E-state index is 12.7. The first kappa shape index (κ1) is 15.0. The van der Waals surface area contributed by atoms with Crippen molar-refractivity contribution in [2.75, 3.05) is 20.3 Å². The summed E-state index contributed by atoms with van der Waals surface area (Å²) < 4.78 is 31.7. The van der Waals surface area contributed by atoms with Crippen LogP contribution in [-0.4, -0.2) is 38.5 Å². The second-order valence-corrected chi connectivity index (χ2v) is 6.89. The lowest BCUT2D eigenvalue weighted by atomic mass is 10.0. The van der Waals surface area contributed by atoms with Crippen molar-refractivity contribution in [2.45, 2.75) is 30.2 Å². The van der Waals surface area contributed by atoms with Crippen molar-refractivity contribution >= 4 is 10.0 Å². The van der Waals surface area contributed by atoms with Crippen LogP contribution in [0.15, 0.2) is 29.2 Å². The van der Waals surface area contributed by atoms with E-state index in [2.05, 4.69) is 6.07 Å². The van der Waals surface area contributed by atoms with E-state index in [4.69, 9.17) is 4.74 Å². The second kappa shape index (κ2) is 5.52. The highest BCUT2D eigenvalue weighted by atomic mass is 32.2. The van der Waals surface area contributed by atoms with Crippen LogP contribution in [0.2, 0.25) is 0 Å². The highest BCUT2D eigenvalue weighted by Gasteiger charge is 2.45. The maximum absolute atomic E-state index is 12.7. The lowest BCUT2D eigenvalue weighted by Gasteiger charge is -2.30. The fraction of sp³-hybridized carbons (Fsp3) is 0.500. The normalized spacial score (nSPS) is 22.9. The number of nitriles is 1. The molecule has 0 aliphatic carbocycles. The SMILES string of the molecule is CCc1cccc(S(=O)(=O)N(C)[C@]2(C#N)CCOC2)c1. The highest BCUT2D eigenvalue weighted by Crippen LogP contribution is 2.30. The summed E-state index contributed by atoms with van der Waals surface area (Å²) in [6.07, 6.45) is 1.16. The third kappa shape index (κ3) is 2.44. The summed E-state index contributed by atoms with van der Waals surface area (Å²) in [5.41, 5.74) is -0.144. The summed E-state index contributed by atoms with van der Waals surface area (Å²) in [5, 5.41) is 9.36. The summed E-state index contributed by atoms with van der Waals surface area (Å²) in [7, 11) is -2.24. The van der Waals surface area contributed by atoms with Gasteiger partial charge in [-0.3, -0.25) is 0 Å². The molecule has 1 saturated heterocycles. The zero-order valence-corrected chi connectivity index (χ0v) is 12.5. The zero-order valence-electron chi connectivity index (χ0n) is 11.7. The molecular weight excluding hydrogens is 276 g/mol. The fourth-order valence-corrected chi connectivity index (χ4v) is 3.79. The first-order valence-corrected chi connectivity index (χ1v) is 7.97. The lowest BCUT2D eigenvalue weighted by Crippen LogP contribution is -2.49. The van der Waals surface area contributed by atoms with E-state index in [-0.39, 0.29) is 11.5 Å². The number of likely N-dealkylation sites (N-methyl/N-ethyl adjacent to an activating group) is 1. The van der Waals surface area contributed by atoms with Crippen LogP contribution in [0.25, 0.3) is 0 Å². The van der Waals surface area contributed by atoms with Gasteiger partial charge in [-0.15, -0.1) is 0 Å². The number of sulfonamides is 1. The van der Waals surface area contributed by atoms with Crippen LogP contribution < -0.4 is 0 Å². The molecule has 1 heterocycles. The maximum Gasteiger partial charge on any atom is 0.244 e. The Kier molecular flexibility index (Phi) is 4.14. The molecule has 0 aromatic heterocycles. The van der Waals surface area contributed by atoms with Crippen LogP contribution in [0, 0.1) is 11.3 Å². The van der Waals surface area contributed by atoms with Crippen LogP contribution in [-0.2, 0) is 21.2 Å². The van der Waals surface area contributed by atoms with Gasteiger partial charge in [0.05, 0.1) is 17.6 Å². The molecule has 20 heavy (non-hydrogen) atoms. The summed E-state index contributed by atoms with van der Waals surface area (Å²) in [5.74, 6) is 0. The molecule has 0 amide bonds. The molecule has 5 nitrogen and oxygen atoms in total. The summed E-state index contributed by atoms with van der Waals surface area (Å²) in [4.78, 5) is 0.223. The van der Waals surface area contributed by atoms with Gasteiger partial charge >= 0.3 is 0 Å². The molecule has 0 unspecified atom stereocenters. The number of aryl methyl sites for hydroxylation is 1. The third-order valence-electron chi connectivity index (χ3n) is 3.78. The monoisotopic (exact) mass is 294 g/mol. The molecule has 1 aliphatic heterocycles. The van der Waals surface area contributed by atoms with Gasteiger partial charge in [0, 0.05) is 20.1 Å². The molecule has 2 rings (SSSR count). The van der Waals surface area contributed by atoms with Gasteiger partial charge < -0.3 is 4.74 Å². The first-order chi connectivity index (χ1) is 9.46. The number of nitrogens with zero attached hydrogens (tertiary/aromatic N) is 2. The van der Waals surface area contributed by atoms with E-state index in [1.54, 1.807) is 18.2 Å². The van der Waals surface area contributed by atoms with Gasteiger partial charge in [0.1, 0.15) is 5.54 Å². The summed E-state index contributed by atoms with van der Waals surface area (Å²) in [6.45, 7) is 2.49. The van der Waals surface area contributed by atoms with E-state index in [1.165, 1.54) is 7.05 Å². The molecule has 1 fully saturated rings. The predicted molar refractivity (Wildman–Crippen MR) is 74.5 cm³/mol. The predicted octanol–water partition coefficient (Wildman–Crippen LogP) is 1.55. The van der Waals surface area contributed by atoms with Crippen molar-refractivity contribution in [1.29, 1.82) is 5.26 Å². The van der Waals surface area contributed by atoms with Gasteiger partial charge in [0.25, 0.3) is 0 Å².